The predicted octanol–water partition coefficient (Wildman–Crippen LogP) is -0.324. The summed E-state index contributed by atoms with van der Waals surface area (Å²) in [5, 5.41) is 14.5. The van der Waals surface area contributed by atoms with E-state index in [9.17, 15) is 9.18 Å². The number of hydroxylamine groups is 1. The van der Waals surface area contributed by atoms with E-state index in [0.29, 0.717) is 0 Å². The van der Waals surface area contributed by atoms with Gasteiger partial charge in [-0.15, -0.1) is 0 Å². The van der Waals surface area contributed by atoms with Crippen LogP contribution in [0.4, 0.5) is 4.39 Å². The van der Waals surface area contributed by atoms with Crippen molar-refractivity contribution in [2.24, 2.45) is 0 Å². The lowest BCUT2D eigenvalue weighted by molar-refractivity contribution is -0.126. The van der Waals surface area contributed by atoms with Crippen molar-refractivity contribution in [2.45, 2.75) is 0 Å². The van der Waals surface area contributed by atoms with Crippen molar-refractivity contribution in [3.8, 4) is 0 Å². The van der Waals surface area contributed by atoms with Crippen molar-refractivity contribution in [1.29, 1.82) is 0 Å². The first-order valence-electron chi connectivity index (χ1n) is 1.96. The maximum absolute atomic E-state index is 11.3. The average molecular weight is 151 g/mol. The second-order valence-electron chi connectivity index (χ2n) is 0.951. The number of carbonyl (C=O) groups is 2. The van der Waals surface area contributed by atoms with Crippen LogP contribution in [0.15, 0.2) is 12.4 Å². The fourth-order valence-corrected chi connectivity index (χ4v) is 0.0607. The van der Waals surface area contributed by atoms with Gasteiger partial charge in [-0.2, -0.15) is 0 Å². The van der Waals surface area contributed by atoms with Gasteiger partial charge >= 0.3 is 5.91 Å². The van der Waals surface area contributed by atoms with Crippen LogP contribution in [0.1, 0.15) is 0 Å². The molecule has 0 radical (unpaired) electrons. The number of carboxylic acid groups (broad SMARTS) is 1. The van der Waals surface area contributed by atoms with E-state index in [1.54, 1.807) is 0 Å². The van der Waals surface area contributed by atoms with Crippen LogP contribution in [-0.2, 0) is 9.59 Å². The molecule has 0 aromatic rings. The van der Waals surface area contributed by atoms with Crippen molar-refractivity contribution in [3.63, 3.8) is 0 Å². The quantitative estimate of drug-likeness (QED) is 0.207. The lowest BCUT2D eigenvalue weighted by Gasteiger charge is -1.86. The van der Waals surface area contributed by atoms with E-state index in [1.807, 2.05) is 0 Å². The van der Waals surface area contributed by atoms with Gasteiger partial charge in [0, 0.05) is 0 Å². The van der Waals surface area contributed by atoms with Crippen molar-refractivity contribution in [2.75, 3.05) is 0 Å². The van der Waals surface area contributed by atoms with Crippen LogP contribution >= 0.6 is 0 Å². The monoisotopic (exact) mass is 151 g/mol. The molecular formula is C4H6FNO4. The first-order valence-corrected chi connectivity index (χ1v) is 1.96. The van der Waals surface area contributed by atoms with Crippen LogP contribution < -0.4 is 5.48 Å². The molecule has 58 valence electrons. The lowest BCUT2D eigenvalue weighted by Crippen LogP contribution is -2.17. The molecule has 0 saturated carbocycles. The topological polar surface area (TPSA) is 86.6 Å². The van der Waals surface area contributed by atoms with E-state index < -0.39 is 11.7 Å². The molecule has 0 aromatic heterocycles. The van der Waals surface area contributed by atoms with E-state index in [0.717, 1.165) is 5.48 Å². The third-order valence-electron chi connectivity index (χ3n) is 0.348. The predicted molar refractivity (Wildman–Crippen MR) is 28.9 cm³/mol. The third-order valence-corrected chi connectivity index (χ3v) is 0.348. The molecule has 0 aliphatic rings. The molecule has 0 aliphatic heterocycles. The number of nitrogens with one attached hydrogen (secondary N) is 1. The minimum Gasteiger partial charge on any atom is -0.483 e. The van der Waals surface area contributed by atoms with Gasteiger partial charge in [0.1, 0.15) is 0 Å². The molecule has 0 rings (SSSR count). The van der Waals surface area contributed by atoms with Gasteiger partial charge < -0.3 is 5.11 Å². The van der Waals surface area contributed by atoms with E-state index in [2.05, 4.69) is 6.58 Å². The highest BCUT2D eigenvalue weighted by Crippen LogP contribution is 1.86. The third kappa shape index (κ3) is 9.76. The molecule has 0 unspecified atom stereocenters. The van der Waals surface area contributed by atoms with Crippen LogP contribution in [0.2, 0.25) is 0 Å². The summed E-state index contributed by atoms with van der Waals surface area (Å²) in [5.74, 6) is -2.41. The maximum atomic E-state index is 11.3. The highest BCUT2D eigenvalue weighted by atomic mass is 19.1. The molecule has 0 spiro atoms. The van der Waals surface area contributed by atoms with Gasteiger partial charge in [-0.05, 0) is 0 Å². The normalized spacial score (nSPS) is 6.60. The number of halogens is 1. The number of carbonyl (C=O) groups excluding carboxylic acids is 1. The lowest BCUT2D eigenvalue weighted by atomic mass is 10.6. The number of hydrogen-bond acceptors (Lipinski definition) is 3. The van der Waals surface area contributed by atoms with E-state index >= 15 is 0 Å². The van der Waals surface area contributed by atoms with Crippen LogP contribution in [0.25, 0.3) is 0 Å². The first-order chi connectivity index (χ1) is 4.59. The summed E-state index contributed by atoms with van der Waals surface area (Å²) >= 11 is 0. The van der Waals surface area contributed by atoms with Gasteiger partial charge in [-0.3, -0.25) is 14.8 Å². The Bertz CT molecular complexity index is 135. The molecule has 0 fully saturated rings. The molecule has 1 amide bonds. The molecule has 6 heteroatoms. The maximum Gasteiger partial charge on any atom is 0.302 e. The van der Waals surface area contributed by atoms with E-state index in [-0.39, 0.29) is 6.47 Å². The Morgan fingerprint density at radius 1 is 1.70 bits per heavy atom. The number of rotatable bonds is 1. The largest absolute Gasteiger partial charge is 0.483 e. The Balaban J connectivity index is 0. The summed E-state index contributed by atoms with van der Waals surface area (Å²) in [7, 11) is 0. The zero-order valence-corrected chi connectivity index (χ0v) is 4.87. The summed E-state index contributed by atoms with van der Waals surface area (Å²) in [6.07, 6.45) is 0. The molecule has 0 bridgehead atoms. The Labute approximate surface area is 55.7 Å². The zero-order valence-electron chi connectivity index (χ0n) is 4.87. The van der Waals surface area contributed by atoms with Crippen LogP contribution in [-0.4, -0.2) is 22.7 Å². The summed E-state index contributed by atoms with van der Waals surface area (Å²) in [5.41, 5.74) is 1.05. The molecule has 0 atom stereocenters. The van der Waals surface area contributed by atoms with Gasteiger partial charge in [0.25, 0.3) is 6.47 Å². The number of hydrogen-bond donors (Lipinski definition) is 3. The minimum absolute atomic E-state index is 0.250. The Morgan fingerprint density at radius 2 is 2.00 bits per heavy atom. The van der Waals surface area contributed by atoms with Crippen molar-refractivity contribution in [1.82, 2.24) is 5.48 Å². The molecule has 5 nitrogen and oxygen atoms in total. The Kier molecular flexibility index (Phi) is 8.61. The molecule has 0 aromatic carbocycles. The van der Waals surface area contributed by atoms with Gasteiger partial charge in [-0.25, -0.2) is 9.87 Å². The van der Waals surface area contributed by atoms with Gasteiger partial charge in [0.05, 0.1) is 0 Å². The summed E-state index contributed by atoms with van der Waals surface area (Å²) < 4.78 is 11.3. The highest BCUT2D eigenvalue weighted by Gasteiger charge is 1.99. The summed E-state index contributed by atoms with van der Waals surface area (Å²) in [6.45, 7) is 2.34. The zero-order chi connectivity index (χ0) is 8.57. The second-order valence-corrected chi connectivity index (χ2v) is 0.951. The van der Waals surface area contributed by atoms with Crippen molar-refractivity contribution in [3.05, 3.63) is 12.4 Å². The van der Waals surface area contributed by atoms with Crippen molar-refractivity contribution >= 4 is 12.4 Å². The number of amides is 1. The SMILES string of the molecule is C=C(F)C(=O)NO.O=CO. The second kappa shape index (κ2) is 7.57. The Morgan fingerprint density at radius 3 is 2.00 bits per heavy atom. The first kappa shape index (κ1) is 11.4. The van der Waals surface area contributed by atoms with Gasteiger partial charge in [0.2, 0.25) is 0 Å². The summed E-state index contributed by atoms with van der Waals surface area (Å²) in [6, 6.07) is 0. The van der Waals surface area contributed by atoms with E-state index in [4.69, 9.17) is 15.1 Å². The molecule has 0 aliphatic carbocycles. The fraction of sp³-hybridized carbons (Fsp3) is 0. The fourth-order valence-electron chi connectivity index (χ4n) is 0.0607. The van der Waals surface area contributed by atoms with Crippen LogP contribution in [0.5, 0.6) is 0 Å². The van der Waals surface area contributed by atoms with Crippen molar-refractivity contribution < 1.29 is 24.3 Å². The molecule has 10 heavy (non-hydrogen) atoms. The highest BCUT2D eigenvalue weighted by molar-refractivity contribution is 5.89. The molecule has 3 N–H and O–H groups in total. The molecule has 0 heterocycles. The van der Waals surface area contributed by atoms with E-state index in [1.165, 1.54) is 0 Å². The van der Waals surface area contributed by atoms with Gasteiger partial charge in [-0.1, -0.05) is 6.58 Å². The van der Waals surface area contributed by atoms with Crippen LogP contribution in [0, 0.1) is 0 Å². The molecule has 0 saturated heterocycles. The average Bonchev–Trinajstić information content (AvgIpc) is 1.88. The minimum atomic E-state index is -1.21. The summed E-state index contributed by atoms with van der Waals surface area (Å²) in [4.78, 5) is 18.0. The smallest absolute Gasteiger partial charge is 0.302 e. The van der Waals surface area contributed by atoms with Gasteiger partial charge in [0.15, 0.2) is 5.83 Å². The Hall–Kier alpha value is -1.43. The molecular weight excluding hydrogens is 145 g/mol. The van der Waals surface area contributed by atoms with Crippen LogP contribution in [0.3, 0.4) is 0 Å². The standard InChI is InChI=1S/C3H4FNO2.CH2O2/c1-2(4)3(6)5-7;2-1-3/h7H,1H2,(H,5,6);1H,(H,2,3).